The van der Waals surface area contributed by atoms with Crippen LogP contribution in [-0.4, -0.2) is 34.9 Å². The zero-order valence-corrected chi connectivity index (χ0v) is 20.6. The minimum Gasteiger partial charge on any atom is -0.342 e. The first-order valence-corrected chi connectivity index (χ1v) is 12.5. The number of hydrogen-bond donors (Lipinski definition) is 3. The van der Waals surface area contributed by atoms with E-state index < -0.39 is 11.8 Å². The summed E-state index contributed by atoms with van der Waals surface area (Å²) < 4.78 is 0. The van der Waals surface area contributed by atoms with Gasteiger partial charge in [0.2, 0.25) is 17.8 Å². The minimum absolute atomic E-state index is 0.0986. The normalized spacial score (nSPS) is 17.9. The molecule has 1 atom stereocenters. The van der Waals surface area contributed by atoms with Crippen LogP contribution >= 0.6 is 0 Å². The lowest BCUT2D eigenvalue weighted by Gasteiger charge is -2.33. The molecule has 2 aromatic carbocycles. The second-order valence-electron chi connectivity index (χ2n) is 9.94. The van der Waals surface area contributed by atoms with Gasteiger partial charge >= 0.3 is 0 Å². The Bertz CT molecular complexity index is 1320. The number of hydrogen-bond acceptors (Lipinski definition) is 5. The van der Waals surface area contributed by atoms with E-state index in [-0.39, 0.29) is 29.3 Å². The first-order chi connectivity index (χ1) is 17.4. The maximum Gasteiger partial charge on any atom is 0.258 e. The zero-order chi connectivity index (χ0) is 25.2. The minimum atomic E-state index is -0.906. The van der Waals surface area contributed by atoms with Crippen LogP contribution in [0.4, 0.5) is 17.5 Å². The van der Waals surface area contributed by atoms with E-state index in [0.29, 0.717) is 17.6 Å². The molecule has 1 aromatic heterocycles. The molecule has 2 amide bonds. The summed E-state index contributed by atoms with van der Waals surface area (Å²) in [6.07, 6.45) is 2.92. The van der Waals surface area contributed by atoms with Crippen LogP contribution in [-0.2, 0) is 16.0 Å². The zero-order valence-electron chi connectivity index (χ0n) is 20.6. The number of carbonyl (C=O) groups excluding carboxylic acids is 2. The molecule has 2 aliphatic heterocycles. The molecule has 0 unspecified atom stereocenters. The van der Waals surface area contributed by atoms with Gasteiger partial charge in [-0.15, -0.1) is 0 Å². The van der Waals surface area contributed by atoms with Crippen molar-refractivity contribution in [1.29, 1.82) is 0 Å². The molecule has 8 heteroatoms. The number of carbonyl (C=O) groups is 2. The van der Waals surface area contributed by atoms with Crippen LogP contribution in [0.5, 0.6) is 0 Å². The van der Waals surface area contributed by atoms with Gasteiger partial charge in [0.1, 0.15) is 5.82 Å². The number of nitrogens with zero attached hydrogens (tertiary/aromatic N) is 2. The number of aromatic amines is 1. The fourth-order valence-electron chi connectivity index (χ4n) is 5.31. The second-order valence-corrected chi connectivity index (χ2v) is 9.94. The van der Waals surface area contributed by atoms with Gasteiger partial charge in [0.25, 0.3) is 5.56 Å². The van der Waals surface area contributed by atoms with Crippen LogP contribution < -0.4 is 21.1 Å². The van der Waals surface area contributed by atoms with E-state index in [4.69, 9.17) is 0 Å². The summed E-state index contributed by atoms with van der Waals surface area (Å²) in [6.45, 7) is 5.44. The van der Waals surface area contributed by atoms with Gasteiger partial charge < -0.3 is 15.5 Å². The molecule has 5 rings (SSSR count). The third kappa shape index (κ3) is 5.17. The van der Waals surface area contributed by atoms with E-state index in [0.717, 1.165) is 43.5 Å². The summed E-state index contributed by atoms with van der Waals surface area (Å²) in [5.74, 6) is -0.432. The largest absolute Gasteiger partial charge is 0.342 e. The summed E-state index contributed by atoms with van der Waals surface area (Å²) in [7, 11) is 0. The Labute approximate surface area is 210 Å². The average Bonchev–Trinajstić information content (AvgIpc) is 2.83. The highest BCUT2D eigenvalue weighted by molar-refractivity contribution is 6.04. The Morgan fingerprint density at radius 3 is 2.44 bits per heavy atom. The Morgan fingerprint density at radius 2 is 1.75 bits per heavy atom. The molecule has 0 bridgehead atoms. The maximum atomic E-state index is 13.2. The second kappa shape index (κ2) is 9.97. The van der Waals surface area contributed by atoms with Crippen LogP contribution in [0, 0.1) is 19.8 Å². The number of rotatable bonds is 5. The number of anilines is 3. The third-order valence-corrected chi connectivity index (χ3v) is 7.03. The number of piperidine rings is 1. The maximum absolute atomic E-state index is 13.2. The highest BCUT2D eigenvalue weighted by Gasteiger charge is 2.35. The molecular formula is C28H31N5O3. The highest BCUT2D eigenvalue weighted by atomic mass is 16.2. The van der Waals surface area contributed by atoms with Crippen molar-refractivity contribution in [2.45, 2.75) is 45.4 Å². The summed E-state index contributed by atoms with van der Waals surface area (Å²) in [5, 5.41) is 5.59. The summed E-state index contributed by atoms with van der Waals surface area (Å²) >= 11 is 0. The topological polar surface area (TPSA) is 107 Å². The van der Waals surface area contributed by atoms with E-state index in [9.17, 15) is 14.4 Å². The van der Waals surface area contributed by atoms with Gasteiger partial charge in [-0.1, -0.05) is 36.4 Å². The molecule has 3 aromatic rings. The SMILES string of the molecule is Cc1cc(C)cc(NC(=O)[C@H]2CC(=O)Nc3nc(N4CCC(Cc5ccccc5)CC4)[nH]c(=O)c32)c1. The van der Waals surface area contributed by atoms with Gasteiger partial charge in [-0.05, 0) is 67.9 Å². The van der Waals surface area contributed by atoms with Crippen molar-refractivity contribution >= 4 is 29.3 Å². The van der Waals surface area contributed by atoms with E-state index in [2.05, 4.69) is 49.8 Å². The molecule has 2 aliphatic rings. The molecular weight excluding hydrogens is 454 g/mol. The van der Waals surface area contributed by atoms with E-state index in [1.807, 2.05) is 38.1 Å². The van der Waals surface area contributed by atoms with Gasteiger partial charge in [0, 0.05) is 25.2 Å². The van der Waals surface area contributed by atoms with Crippen LogP contribution in [0.1, 0.15) is 47.4 Å². The fraction of sp³-hybridized carbons (Fsp3) is 0.357. The number of fused-ring (bicyclic) bond motifs is 1. The Hall–Kier alpha value is -3.94. The van der Waals surface area contributed by atoms with Gasteiger partial charge in [-0.25, -0.2) is 0 Å². The number of benzene rings is 2. The molecule has 0 spiro atoms. The van der Waals surface area contributed by atoms with Crippen molar-refractivity contribution < 1.29 is 9.59 Å². The van der Waals surface area contributed by atoms with Gasteiger partial charge in [0.05, 0.1) is 11.5 Å². The van der Waals surface area contributed by atoms with Crippen LogP contribution in [0.3, 0.4) is 0 Å². The Balaban J connectivity index is 1.32. The van der Waals surface area contributed by atoms with Crippen LogP contribution in [0.25, 0.3) is 0 Å². The van der Waals surface area contributed by atoms with Crippen LogP contribution in [0.2, 0.25) is 0 Å². The highest BCUT2D eigenvalue weighted by Crippen LogP contribution is 2.31. The first kappa shape index (κ1) is 23.8. The molecule has 186 valence electrons. The number of nitrogens with one attached hydrogen (secondary N) is 3. The third-order valence-electron chi connectivity index (χ3n) is 7.03. The molecule has 0 aliphatic carbocycles. The predicted molar refractivity (Wildman–Crippen MR) is 140 cm³/mol. The molecule has 1 fully saturated rings. The lowest BCUT2D eigenvalue weighted by atomic mass is 9.90. The van der Waals surface area contributed by atoms with Crippen molar-refractivity contribution in [3.63, 3.8) is 0 Å². The van der Waals surface area contributed by atoms with E-state index in [1.165, 1.54) is 5.56 Å². The van der Waals surface area contributed by atoms with E-state index >= 15 is 0 Å². The van der Waals surface area contributed by atoms with Gasteiger partial charge in [-0.2, -0.15) is 4.98 Å². The van der Waals surface area contributed by atoms with Crippen molar-refractivity contribution in [3.05, 3.63) is 81.1 Å². The molecule has 8 nitrogen and oxygen atoms in total. The van der Waals surface area contributed by atoms with Crippen molar-refractivity contribution in [1.82, 2.24) is 9.97 Å². The number of H-pyrrole nitrogens is 1. The summed E-state index contributed by atoms with van der Waals surface area (Å²) in [5.41, 5.74) is 3.84. The molecule has 0 saturated carbocycles. The number of amides is 2. The summed E-state index contributed by atoms with van der Waals surface area (Å²) in [4.78, 5) is 48.3. The predicted octanol–water partition coefficient (Wildman–Crippen LogP) is 3.91. The van der Waals surface area contributed by atoms with Crippen molar-refractivity contribution in [2.75, 3.05) is 28.6 Å². The molecule has 0 radical (unpaired) electrons. The number of aryl methyl sites for hydroxylation is 2. The van der Waals surface area contributed by atoms with Crippen molar-refractivity contribution in [3.8, 4) is 0 Å². The average molecular weight is 486 g/mol. The van der Waals surface area contributed by atoms with Gasteiger partial charge in [0.15, 0.2) is 0 Å². The Morgan fingerprint density at radius 1 is 1.06 bits per heavy atom. The number of aromatic nitrogens is 2. The quantitative estimate of drug-likeness (QED) is 0.508. The molecule has 36 heavy (non-hydrogen) atoms. The van der Waals surface area contributed by atoms with Crippen molar-refractivity contribution in [2.24, 2.45) is 5.92 Å². The molecule has 3 heterocycles. The monoisotopic (exact) mass is 485 g/mol. The summed E-state index contributed by atoms with van der Waals surface area (Å²) in [6, 6.07) is 16.2. The lowest BCUT2D eigenvalue weighted by Crippen LogP contribution is -2.40. The Kier molecular flexibility index (Phi) is 6.59. The fourth-order valence-corrected chi connectivity index (χ4v) is 5.31. The van der Waals surface area contributed by atoms with Gasteiger partial charge in [-0.3, -0.25) is 19.4 Å². The molecule has 3 N–H and O–H groups in total. The molecule has 1 saturated heterocycles. The lowest BCUT2D eigenvalue weighted by molar-refractivity contribution is -0.123. The standard InChI is InChI=1S/C28H31N5O3/c1-17-12-18(2)14-21(13-17)29-26(35)22-16-23(34)30-25-24(22)27(36)32-28(31-25)33-10-8-20(9-11-33)15-19-6-4-3-5-7-19/h3-7,12-14,20,22H,8-11,15-16H2,1-2H3,(H,29,35)(H2,30,31,32,34,36)/t22-/m0/s1. The van der Waals surface area contributed by atoms with Crippen LogP contribution in [0.15, 0.2) is 53.3 Å². The smallest absolute Gasteiger partial charge is 0.258 e. The van der Waals surface area contributed by atoms with E-state index in [1.54, 1.807) is 0 Å². The first-order valence-electron chi connectivity index (χ1n) is 12.5.